The number of carboxylic acids is 1. The predicted molar refractivity (Wildman–Crippen MR) is 149 cm³/mol. The molecule has 0 fully saturated rings. The van der Waals surface area contributed by atoms with Gasteiger partial charge in [-0.25, -0.2) is 4.79 Å². The number of nitrogens with two attached hydrogens (primary N) is 4. The molecule has 0 aliphatic rings. The van der Waals surface area contributed by atoms with E-state index in [2.05, 4.69) is 20.9 Å². The Morgan fingerprint density at radius 2 is 1.43 bits per heavy atom. The minimum absolute atomic E-state index is 0.00101. The fourth-order valence-corrected chi connectivity index (χ4v) is 3.78. The Morgan fingerprint density at radius 1 is 0.850 bits per heavy atom. The van der Waals surface area contributed by atoms with Crippen molar-refractivity contribution >= 4 is 35.6 Å². The number of hydrogen-bond acceptors (Lipinski definition) is 7. The van der Waals surface area contributed by atoms with Gasteiger partial charge in [-0.15, -0.1) is 0 Å². The van der Waals surface area contributed by atoms with Crippen LogP contribution in [0.15, 0.2) is 35.3 Å². The third-order valence-electron chi connectivity index (χ3n) is 5.85. The molecule has 0 spiro atoms. The van der Waals surface area contributed by atoms with Crippen LogP contribution in [0, 0.1) is 5.92 Å². The van der Waals surface area contributed by atoms with E-state index in [1.165, 1.54) is 0 Å². The van der Waals surface area contributed by atoms with E-state index in [0.29, 0.717) is 6.42 Å². The van der Waals surface area contributed by atoms with Crippen molar-refractivity contribution in [2.24, 2.45) is 33.8 Å². The van der Waals surface area contributed by atoms with E-state index in [-0.39, 0.29) is 50.5 Å². The second-order valence-corrected chi connectivity index (χ2v) is 9.90. The lowest BCUT2D eigenvalue weighted by atomic mass is 10.00. The van der Waals surface area contributed by atoms with Crippen molar-refractivity contribution in [3.63, 3.8) is 0 Å². The van der Waals surface area contributed by atoms with Crippen LogP contribution in [0.2, 0.25) is 0 Å². The van der Waals surface area contributed by atoms with Gasteiger partial charge in [0.15, 0.2) is 5.96 Å². The monoisotopic (exact) mass is 562 g/mol. The molecule has 14 nitrogen and oxygen atoms in total. The zero-order chi connectivity index (χ0) is 30.2. The molecule has 0 saturated heterocycles. The Bertz CT molecular complexity index is 1030. The van der Waals surface area contributed by atoms with E-state index >= 15 is 0 Å². The van der Waals surface area contributed by atoms with E-state index in [4.69, 9.17) is 22.9 Å². The molecule has 1 aromatic rings. The quantitative estimate of drug-likeness (QED) is 0.0585. The van der Waals surface area contributed by atoms with Gasteiger partial charge >= 0.3 is 5.97 Å². The van der Waals surface area contributed by atoms with E-state index in [0.717, 1.165) is 5.56 Å². The molecule has 0 aliphatic heterocycles. The van der Waals surface area contributed by atoms with Gasteiger partial charge in [0.1, 0.15) is 18.1 Å². The summed E-state index contributed by atoms with van der Waals surface area (Å²) in [6.07, 6.45) is 0.575. The molecule has 4 amide bonds. The minimum atomic E-state index is -1.24. The highest BCUT2D eigenvalue weighted by molar-refractivity contribution is 5.94. The van der Waals surface area contributed by atoms with Crippen LogP contribution in [0.1, 0.15) is 51.5 Å². The number of benzene rings is 1. The van der Waals surface area contributed by atoms with Crippen molar-refractivity contribution in [2.45, 2.75) is 76.5 Å². The molecule has 0 aliphatic carbocycles. The lowest BCUT2D eigenvalue weighted by Crippen LogP contribution is -2.57. The maximum Gasteiger partial charge on any atom is 0.326 e. The first-order valence-electron chi connectivity index (χ1n) is 13.1. The number of carbonyl (C=O) groups is 5. The van der Waals surface area contributed by atoms with Crippen molar-refractivity contribution in [3.8, 4) is 0 Å². The molecule has 4 atom stereocenters. The average molecular weight is 563 g/mol. The Hall–Kier alpha value is -4.20. The summed E-state index contributed by atoms with van der Waals surface area (Å²) in [6, 6.07) is 4.42. The maximum atomic E-state index is 13.4. The largest absolute Gasteiger partial charge is 0.480 e. The number of carboxylic acid groups (broad SMARTS) is 1. The molecule has 40 heavy (non-hydrogen) atoms. The molecule has 1 rings (SSSR count). The molecule has 222 valence electrons. The third-order valence-corrected chi connectivity index (χ3v) is 5.85. The van der Waals surface area contributed by atoms with Crippen molar-refractivity contribution in [1.29, 1.82) is 0 Å². The van der Waals surface area contributed by atoms with Crippen LogP contribution in [-0.4, -0.2) is 71.4 Å². The van der Waals surface area contributed by atoms with Crippen molar-refractivity contribution in [2.75, 3.05) is 6.54 Å². The van der Waals surface area contributed by atoms with Gasteiger partial charge in [0.05, 0.1) is 6.04 Å². The number of amides is 4. The van der Waals surface area contributed by atoms with Gasteiger partial charge in [-0.3, -0.25) is 24.2 Å². The number of aliphatic imine (C=N–C) groups is 1. The Kier molecular flexibility index (Phi) is 14.7. The number of carbonyl (C=O) groups excluding carboxylic acids is 4. The normalized spacial score (nSPS) is 13.8. The van der Waals surface area contributed by atoms with Gasteiger partial charge in [-0.2, -0.15) is 0 Å². The summed E-state index contributed by atoms with van der Waals surface area (Å²) >= 11 is 0. The first kappa shape index (κ1) is 33.8. The van der Waals surface area contributed by atoms with E-state index < -0.39 is 53.8 Å². The van der Waals surface area contributed by atoms with Gasteiger partial charge in [0.2, 0.25) is 23.6 Å². The van der Waals surface area contributed by atoms with Crippen LogP contribution in [0.3, 0.4) is 0 Å². The van der Waals surface area contributed by atoms with Crippen LogP contribution in [0.5, 0.6) is 0 Å². The number of nitrogens with zero attached hydrogens (tertiary/aromatic N) is 1. The highest BCUT2D eigenvalue weighted by atomic mass is 16.4. The van der Waals surface area contributed by atoms with Gasteiger partial charge in [0.25, 0.3) is 0 Å². The van der Waals surface area contributed by atoms with Crippen LogP contribution in [0.4, 0.5) is 0 Å². The van der Waals surface area contributed by atoms with Crippen LogP contribution in [0.25, 0.3) is 0 Å². The molecule has 0 bridgehead atoms. The fraction of sp³-hybridized carbons (Fsp3) is 0.538. The predicted octanol–water partition coefficient (Wildman–Crippen LogP) is -1.54. The Balaban J connectivity index is 3.05. The summed E-state index contributed by atoms with van der Waals surface area (Å²) in [5.41, 5.74) is 22.3. The lowest BCUT2D eigenvalue weighted by molar-refractivity contribution is -0.142. The van der Waals surface area contributed by atoms with E-state index in [9.17, 15) is 29.1 Å². The maximum absolute atomic E-state index is 13.4. The fourth-order valence-electron chi connectivity index (χ4n) is 3.78. The molecule has 0 saturated carbocycles. The first-order chi connectivity index (χ1) is 18.8. The van der Waals surface area contributed by atoms with Gasteiger partial charge in [-0.05, 0) is 37.2 Å². The zero-order valence-corrected chi connectivity index (χ0v) is 23.0. The summed E-state index contributed by atoms with van der Waals surface area (Å²) in [5.74, 6) is -4.01. The number of guanidine groups is 1. The standard InChI is InChI=1S/C26H42N8O6/c1-15(2)13-19(23(37)32-18(25(39)40)9-6-12-31-26(29)30)34-24(38)20(14-16-7-4-3-5-8-16)33-22(36)17(27)10-11-21(28)35/h3-5,7-8,15,17-20H,6,9-14,27H2,1-2H3,(H2,28,35)(H,32,37)(H,33,36)(H,34,38)(H,39,40)(H4,29,30,31). The van der Waals surface area contributed by atoms with Crippen LogP contribution >= 0.6 is 0 Å². The highest BCUT2D eigenvalue weighted by Gasteiger charge is 2.31. The highest BCUT2D eigenvalue weighted by Crippen LogP contribution is 2.10. The average Bonchev–Trinajstić information content (AvgIpc) is 2.87. The molecule has 0 heterocycles. The molecule has 0 aromatic heterocycles. The third kappa shape index (κ3) is 13.6. The minimum Gasteiger partial charge on any atom is -0.480 e. The second kappa shape index (κ2) is 17.4. The van der Waals surface area contributed by atoms with Gasteiger partial charge in [0, 0.05) is 19.4 Å². The summed E-state index contributed by atoms with van der Waals surface area (Å²) in [7, 11) is 0. The van der Waals surface area contributed by atoms with Gasteiger partial charge < -0.3 is 44.0 Å². The first-order valence-corrected chi connectivity index (χ1v) is 13.1. The van der Waals surface area contributed by atoms with Crippen molar-refractivity contribution < 1.29 is 29.1 Å². The molecular weight excluding hydrogens is 520 g/mol. The van der Waals surface area contributed by atoms with Crippen LogP contribution < -0.4 is 38.9 Å². The summed E-state index contributed by atoms with van der Waals surface area (Å²) in [6.45, 7) is 3.88. The molecule has 12 N–H and O–H groups in total. The number of aliphatic carboxylic acids is 1. The number of hydrogen-bond donors (Lipinski definition) is 8. The molecular formula is C26H42N8O6. The molecule has 14 heteroatoms. The summed E-state index contributed by atoms with van der Waals surface area (Å²) in [5, 5.41) is 17.3. The lowest BCUT2D eigenvalue weighted by Gasteiger charge is -2.26. The molecule has 0 radical (unpaired) electrons. The topological polar surface area (TPSA) is 258 Å². The van der Waals surface area contributed by atoms with Crippen molar-refractivity contribution in [1.82, 2.24) is 16.0 Å². The summed E-state index contributed by atoms with van der Waals surface area (Å²) < 4.78 is 0. The number of nitrogens with one attached hydrogen (secondary N) is 3. The molecule has 1 aromatic carbocycles. The SMILES string of the molecule is CC(C)CC(NC(=O)C(Cc1ccccc1)NC(=O)C(N)CCC(N)=O)C(=O)NC(CCCN=C(N)N)C(=O)O. The number of primary amides is 1. The zero-order valence-electron chi connectivity index (χ0n) is 23.0. The number of rotatable bonds is 18. The van der Waals surface area contributed by atoms with E-state index in [1.54, 1.807) is 30.3 Å². The smallest absolute Gasteiger partial charge is 0.326 e. The van der Waals surface area contributed by atoms with E-state index in [1.807, 2.05) is 13.8 Å². The van der Waals surface area contributed by atoms with Crippen molar-refractivity contribution in [3.05, 3.63) is 35.9 Å². The summed E-state index contributed by atoms with van der Waals surface area (Å²) in [4.78, 5) is 65.8. The Morgan fingerprint density at radius 3 is 1.98 bits per heavy atom. The molecule has 4 unspecified atom stereocenters. The second-order valence-electron chi connectivity index (χ2n) is 9.90. The Labute approximate surface area is 233 Å². The van der Waals surface area contributed by atoms with Crippen LogP contribution in [-0.2, 0) is 30.4 Å². The van der Waals surface area contributed by atoms with Gasteiger partial charge in [-0.1, -0.05) is 44.2 Å².